The van der Waals surface area contributed by atoms with Crippen molar-refractivity contribution in [3.05, 3.63) is 0 Å². The van der Waals surface area contributed by atoms with Crippen LogP contribution in [0.1, 0.15) is 0 Å². The van der Waals surface area contributed by atoms with E-state index < -0.39 is 0 Å². The largest absolute Gasteiger partial charge is 2.00 e. The first kappa shape index (κ1) is 235. The Bertz CT molecular complexity index is 9.65. The third kappa shape index (κ3) is 110. The van der Waals surface area contributed by atoms with Crippen molar-refractivity contribution < 1.29 is 73.1 Å². The SMILES string of the molecule is O.O.[Cr].[Cr].[Ni+2].[OH-].[OH-]. The predicted molar refractivity (Wildman–Crippen MR) is 11.1 cm³/mol. The fourth-order valence-electron chi connectivity index (χ4n) is 0. The first-order valence-electron chi connectivity index (χ1n) is 0. The van der Waals surface area contributed by atoms with Crippen molar-refractivity contribution in [1.29, 1.82) is 0 Å². The van der Waals surface area contributed by atoms with E-state index in [1.807, 2.05) is 0 Å². The zero-order valence-corrected chi connectivity index (χ0v) is 6.56. The van der Waals surface area contributed by atoms with E-state index in [0.717, 1.165) is 0 Å². The van der Waals surface area contributed by atoms with Gasteiger partial charge in [-0.1, -0.05) is 0 Å². The molecule has 0 radical (unpaired) electrons. The van der Waals surface area contributed by atoms with Crippen LogP contribution in [0.3, 0.4) is 0 Å². The van der Waals surface area contributed by atoms with Crippen molar-refractivity contribution in [2.75, 3.05) is 0 Å². The summed E-state index contributed by atoms with van der Waals surface area (Å²) < 4.78 is 0. The molecule has 4 nitrogen and oxygen atoms in total. The summed E-state index contributed by atoms with van der Waals surface area (Å²) >= 11 is 0. The summed E-state index contributed by atoms with van der Waals surface area (Å²) in [5, 5.41) is 0. The molecule has 0 saturated carbocycles. The van der Waals surface area contributed by atoms with E-state index in [4.69, 9.17) is 0 Å². The van der Waals surface area contributed by atoms with E-state index >= 15 is 0 Å². The number of hydrogen-bond acceptors (Lipinski definition) is 2. The second-order valence-corrected chi connectivity index (χ2v) is 0. The maximum atomic E-state index is 0. The molecule has 0 spiro atoms. The zero-order chi connectivity index (χ0) is 0. The van der Waals surface area contributed by atoms with Crippen LogP contribution >= 0.6 is 0 Å². The molecule has 0 rings (SSSR count). The van der Waals surface area contributed by atoms with Crippen LogP contribution in [0, 0.1) is 0 Å². The standard InChI is InChI=1S/2Cr.Ni.4H2O/h;;;4*1H2/q;;+2;;;;/p-2. The van der Waals surface area contributed by atoms with Gasteiger partial charge in [0.05, 0.1) is 0 Å². The van der Waals surface area contributed by atoms with Crippen LogP contribution < -0.4 is 0 Å². The van der Waals surface area contributed by atoms with E-state index in [0.29, 0.717) is 0 Å². The summed E-state index contributed by atoms with van der Waals surface area (Å²) in [4.78, 5) is 0. The normalized spacial score (nSPS) is 0. The second-order valence-electron chi connectivity index (χ2n) is 0. The molecule has 0 aliphatic heterocycles. The Morgan fingerprint density at radius 2 is 0.571 bits per heavy atom. The third-order valence-electron chi connectivity index (χ3n) is 0. The zero-order valence-electron chi connectivity index (χ0n) is 3.03. The molecular weight excluding hydrogens is 227 g/mol. The maximum Gasteiger partial charge on any atom is 2.00 e. The minimum Gasteiger partial charge on any atom is -0.870 e. The van der Waals surface area contributed by atoms with Gasteiger partial charge in [-0.05, 0) is 0 Å². The van der Waals surface area contributed by atoms with E-state index in [1.165, 1.54) is 0 Å². The van der Waals surface area contributed by atoms with Crippen molar-refractivity contribution in [2.24, 2.45) is 0 Å². The maximum absolute atomic E-state index is 0. The number of hydrogen-bond donors (Lipinski definition) is 0. The Kier molecular flexibility index (Phi) is 5200. The van der Waals surface area contributed by atoms with Gasteiger partial charge in [-0.15, -0.1) is 0 Å². The molecule has 7 heteroatoms. The molecule has 0 aromatic heterocycles. The van der Waals surface area contributed by atoms with Gasteiger partial charge in [0, 0.05) is 34.7 Å². The van der Waals surface area contributed by atoms with Crippen molar-refractivity contribution in [1.82, 2.24) is 0 Å². The molecule has 0 atom stereocenters. The minimum absolute atomic E-state index is 0. The van der Waals surface area contributed by atoms with E-state index in [2.05, 4.69) is 0 Å². The van der Waals surface area contributed by atoms with Crippen LogP contribution in [-0.2, 0) is 51.2 Å². The van der Waals surface area contributed by atoms with Gasteiger partial charge in [0.25, 0.3) is 0 Å². The van der Waals surface area contributed by atoms with Crippen LogP contribution in [-0.4, -0.2) is 21.9 Å². The first-order valence-corrected chi connectivity index (χ1v) is 0. The molecule has 0 bridgehead atoms. The fraction of sp³-hybridized carbons (Fsp3) is 0. The summed E-state index contributed by atoms with van der Waals surface area (Å²) in [6, 6.07) is 0. The molecule has 0 unspecified atom stereocenters. The Balaban J connectivity index is 0. The Hall–Kier alpha value is 1.40. The van der Waals surface area contributed by atoms with Crippen LogP contribution in [0.5, 0.6) is 0 Å². The second kappa shape index (κ2) is 155. The van der Waals surface area contributed by atoms with Crippen LogP contribution in [0.15, 0.2) is 0 Å². The summed E-state index contributed by atoms with van der Waals surface area (Å²) in [6.45, 7) is 0. The third-order valence-corrected chi connectivity index (χ3v) is 0. The van der Waals surface area contributed by atoms with Gasteiger partial charge in [0.2, 0.25) is 0 Å². The average molecular weight is 233 g/mol. The summed E-state index contributed by atoms with van der Waals surface area (Å²) in [7, 11) is 0. The van der Waals surface area contributed by atoms with E-state index in [9.17, 15) is 0 Å². The molecule has 0 heterocycles. The molecule has 0 amide bonds. The molecule has 0 aromatic rings. The van der Waals surface area contributed by atoms with E-state index in [-0.39, 0.29) is 73.1 Å². The van der Waals surface area contributed by atoms with Gasteiger partial charge in [-0.25, -0.2) is 0 Å². The van der Waals surface area contributed by atoms with Gasteiger partial charge in [-0.2, -0.15) is 0 Å². The summed E-state index contributed by atoms with van der Waals surface area (Å²) in [5.41, 5.74) is 0. The van der Waals surface area contributed by atoms with Gasteiger partial charge >= 0.3 is 16.5 Å². The average Bonchev–Trinajstić information content (AvgIpc) is 0. The van der Waals surface area contributed by atoms with Crippen molar-refractivity contribution >= 4 is 0 Å². The Morgan fingerprint density at radius 1 is 0.571 bits per heavy atom. The van der Waals surface area contributed by atoms with Gasteiger partial charge in [-0.3, -0.25) is 0 Å². The molecule has 7 heavy (non-hydrogen) atoms. The Morgan fingerprint density at radius 3 is 0.571 bits per heavy atom. The molecule has 6 N–H and O–H groups in total. The van der Waals surface area contributed by atoms with Crippen molar-refractivity contribution in [3.63, 3.8) is 0 Å². The minimum atomic E-state index is 0. The van der Waals surface area contributed by atoms with E-state index in [1.54, 1.807) is 0 Å². The van der Waals surface area contributed by atoms with Crippen molar-refractivity contribution in [2.45, 2.75) is 0 Å². The van der Waals surface area contributed by atoms with Gasteiger partial charge in [0.15, 0.2) is 0 Å². The summed E-state index contributed by atoms with van der Waals surface area (Å²) in [5.74, 6) is 0. The summed E-state index contributed by atoms with van der Waals surface area (Å²) in [6.07, 6.45) is 0. The molecular formula is H6Cr2NiO4. The predicted octanol–water partition coefficient (Wildman–Crippen LogP) is -2.01. The Labute approximate surface area is 73.1 Å². The van der Waals surface area contributed by atoms with Gasteiger partial charge < -0.3 is 21.9 Å². The first-order chi connectivity index (χ1) is 0. The molecule has 0 aliphatic carbocycles. The quantitative estimate of drug-likeness (QED) is 0.448. The smallest absolute Gasteiger partial charge is 0.870 e. The molecule has 0 aliphatic rings. The van der Waals surface area contributed by atoms with Crippen LogP contribution in [0.25, 0.3) is 0 Å². The molecule has 0 aromatic carbocycles. The van der Waals surface area contributed by atoms with Gasteiger partial charge in [0.1, 0.15) is 0 Å². The van der Waals surface area contributed by atoms with Crippen LogP contribution in [0.2, 0.25) is 0 Å². The monoisotopic (exact) mass is 232 g/mol. The topological polar surface area (TPSA) is 123 Å². The number of rotatable bonds is 0. The van der Waals surface area contributed by atoms with Crippen molar-refractivity contribution in [3.8, 4) is 0 Å². The molecule has 52 valence electrons. The molecule has 0 fully saturated rings. The fourth-order valence-corrected chi connectivity index (χ4v) is 0. The van der Waals surface area contributed by atoms with Crippen LogP contribution in [0.4, 0.5) is 0 Å². The molecule has 0 saturated heterocycles.